The maximum Gasteiger partial charge on any atom is 0.342 e. The zero-order chi connectivity index (χ0) is 20.8. The Morgan fingerprint density at radius 3 is 2.24 bits per heavy atom. The lowest BCUT2D eigenvalue weighted by Gasteiger charge is -2.27. The van der Waals surface area contributed by atoms with Gasteiger partial charge >= 0.3 is 5.97 Å². The molecule has 0 aliphatic rings. The highest BCUT2D eigenvalue weighted by Gasteiger charge is 2.22. The molecule has 0 bridgehead atoms. The molecule has 1 heterocycles. The number of aryl methyl sites for hydroxylation is 1. The van der Waals surface area contributed by atoms with E-state index in [-0.39, 0.29) is 18.6 Å². The van der Waals surface area contributed by atoms with E-state index in [2.05, 4.69) is 5.32 Å². The van der Waals surface area contributed by atoms with Crippen LogP contribution in [0.2, 0.25) is 0 Å². The number of nitrogens with one attached hydrogen (secondary N) is 1. The average molecular weight is 392 g/mol. The first-order valence-corrected chi connectivity index (χ1v) is 9.41. The first-order valence-electron chi connectivity index (χ1n) is 9.41. The highest BCUT2D eigenvalue weighted by Crippen LogP contribution is 2.23. The molecule has 0 saturated heterocycles. The zero-order valence-electron chi connectivity index (χ0n) is 16.7. The van der Waals surface area contributed by atoms with Gasteiger partial charge in [0, 0.05) is 23.1 Å². The SMILES string of the molecule is Cc1occc1C(=O)OCC(=O)N(c1ccc(Nc2ccccc2)cc1)C(C)C. The van der Waals surface area contributed by atoms with Crippen LogP contribution in [0, 0.1) is 6.92 Å². The van der Waals surface area contributed by atoms with Crippen LogP contribution in [0.15, 0.2) is 71.3 Å². The summed E-state index contributed by atoms with van der Waals surface area (Å²) in [5.74, 6) is -0.404. The Bertz CT molecular complexity index is 962. The van der Waals surface area contributed by atoms with Crippen molar-refractivity contribution in [3.05, 3.63) is 78.3 Å². The van der Waals surface area contributed by atoms with Gasteiger partial charge in [-0.25, -0.2) is 4.79 Å². The van der Waals surface area contributed by atoms with E-state index in [0.717, 1.165) is 17.1 Å². The fourth-order valence-electron chi connectivity index (χ4n) is 2.99. The molecule has 3 rings (SSSR count). The number of esters is 1. The van der Waals surface area contributed by atoms with Crippen molar-refractivity contribution in [1.82, 2.24) is 0 Å². The molecule has 6 nitrogen and oxygen atoms in total. The summed E-state index contributed by atoms with van der Waals surface area (Å²) in [6.07, 6.45) is 1.42. The Kier molecular flexibility index (Phi) is 6.34. The van der Waals surface area contributed by atoms with E-state index < -0.39 is 5.97 Å². The third kappa shape index (κ3) is 5.04. The number of hydrogen-bond donors (Lipinski definition) is 1. The molecule has 3 aromatic rings. The van der Waals surface area contributed by atoms with Gasteiger partial charge in [-0.05, 0) is 63.2 Å². The second kappa shape index (κ2) is 9.10. The Morgan fingerprint density at radius 1 is 1.00 bits per heavy atom. The molecule has 0 aliphatic carbocycles. The number of carbonyl (C=O) groups is 2. The molecule has 0 aliphatic heterocycles. The van der Waals surface area contributed by atoms with E-state index in [4.69, 9.17) is 9.15 Å². The number of anilines is 3. The smallest absolute Gasteiger partial charge is 0.342 e. The quantitative estimate of drug-likeness (QED) is 0.577. The molecule has 0 spiro atoms. The minimum absolute atomic E-state index is 0.0928. The van der Waals surface area contributed by atoms with Crippen molar-refractivity contribution in [1.29, 1.82) is 0 Å². The molecule has 0 unspecified atom stereocenters. The number of carbonyl (C=O) groups excluding carboxylic acids is 2. The number of para-hydroxylation sites is 1. The van der Waals surface area contributed by atoms with Crippen LogP contribution in [-0.2, 0) is 9.53 Å². The fourth-order valence-corrected chi connectivity index (χ4v) is 2.99. The van der Waals surface area contributed by atoms with E-state index in [1.807, 2.05) is 68.4 Å². The predicted molar refractivity (Wildman–Crippen MR) is 113 cm³/mol. The third-order valence-electron chi connectivity index (χ3n) is 4.40. The fraction of sp³-hybridized carbons (Fsp3) is 0.217. The summed E-state index contributed by atoms with van der Waals surface area (Å²) in [5, 5.41) is 3.31. The minimum atomic E-state index is -0.573. The molecule has 1 N–H and O–H groups in total. The van der Waals surface area contributed by atoms with Gasteiger partial charge in [-0.1, -0.05) is 18.2 Å². The molecule has 2 aromatic carbocycles. The standard InChI is InChI=1S/C23H24N2O4/c1-16(2)25(22(26)15-29-23(27)21-13-14-28-17(21)3)20-11-9-19(10-12-20)24-18-7-5-4-6-8-18/h4-14,16,24H,15H2,1-3H3. The van der Waals surface area contributed by atoms with Crippen LogP contribution in [0.25, 0.3) is 0 Å². The Hall–Kier alpha value is -3.54. The summed E-state index contributed by atoms with van der Waals surface area (Å²) in [7, 11) is 0. The molecule has 1 amide bonds. The molecule has 0 radical (unpaired) electrons. The largest absolute Gasteiger partial charge is 0.469 e. The van der Waals surface area contributed by atoms with Gasteiger partial charge in [-0.3, -0.25) is 4.79 Å². The van der Waals surface area contributed by atoms with Gasteiger partial charge < -0.3 is 19.4 Å². The molecule has 0 saturated carbocycles. The van der Waals surface area contributed by atoms with Crippen LogP contribution >= 0.6 is 0 Å². The van der Waals surface area contributed by atoms with Gasteiger partial charge in [0.05, 0.1) is 6.26 Å². The van der Waals surface area contributed by atoms with Crippen LogP contribution in [0.3, 0.4) is 0 Å². The number of ether oxygens (including phenoxy) is 1. The maximum atomic E-state index is 12.7. The molecule has 6 heteroatoms. The molecule has 150 valence electrons. The van der Waals surface area contributed by atoms with Crippen molar-refractivity contribution in [3.63, 3.8) is 0 Å². The number of furan rings is 1. The summed E-state index contributed by atoms with van der Waals surface area (Å²) < 4.78 is 10.3. The molecule has 0 fully saturated rings. The van der Waals surface area contributed by atoms with Gasteiger partial charge in [-0.2, -0.15) is 0 Å². The normalized spacial score (nSPS) is 10.6. The van der Waals surface area contributed by atoms with Gasteiger partial charge in [0.1, 0.15) is 11.3 Å². The number of amides is 1. The van der Waals surface area contributed by atoms with Crippen molar-refractivity contribution in [3.8, 4) is 0 Å². The third-order valence-corrected chi connectivity index (χ3v) is 4.40. The predicted octanol–water partition coefficient (Wildman–Crippen LogP) is 4.93. The van der Waals surface area contributed by atoms with Crippen LogP contribution < -0.4 is 10.2 Å². The first kappa shape index (κ1) is 20.2. The molecule has 29 heavy (non-hydrogen) atoms. The van der Waals surface area contributed by atoms with Crippen molar-refractivity contribution < 1.29 is 18.7 Å². The molecular formula is C23H24N2O4. The zero-order valence-corrected chi connectivity index (χ0v) is 16.7. The second-order valence-corrected chi connectivity index (χ2v) is 6.86. The monoisotopic (exact) mass is 392 g/mol. The minimum Gasteiger partial charge on any atom is -0.469 e. The summed E-state index contributed by atoms with van der Waals surface area (Å²) in [6.45, 7) is 5.15. The molecule has 1 aromatic heterocycles. The lowest BCUT2D eigenvalue weighted by atomic mass is 10.2. The maximum absolute atomic E-state index is 12.7. The summed E-state index contributed by atoms with van der Waals surface area (Å²) in [5.41, 5.74) is 2.96. The number of benzene rings is 2. The van der Waals surface area contributed by atoms with E-state index in [1.54, 1.807) is 11.8 Å². The Labute approximate surface area is 170 Å². The van der Waals surface area contributed by atoms with Crippen molar-refractivity contribution in [2.24, 2.45) is 0 Å². The highest BCUT2D eigenvalue weighted by molar-refractivity contribution is 5.97. The number of rotatable bonds is 7. The Balaban J connectivity index is 1.66. The highest BCUT2D eigenvalue weighted by atomic mass is 16.5. The average Bonchev–Trinajstić information content (AvgIpc) is 3.14. The number of hydrogen-bond acceptors (Lipinski definition) is 5. The van der Waals surface area contributed by atoms with E-state index in [9.17, 15) is 9.59 Å². The number of nitrogens with zero attached hydrogens (tertiary/aromatic N) is 1. The summed E-state index contributed by atoms with van der Waals surface area (Å²) in [4.78, 5) is 26.5. The van der Waals surface area contributed by atoms with Crippen molar-refractivity contribution in [2.75, 3.05) is 16.8 Å². The van der Waals surface area contributed by atoms with Crippen LogP contribution in [0.1, 0.15) is 30.0 Å². The lowest BCUT2D eigenvalue weighted by Crippen LogP contribution is -2.39. The van der Waals surface area contributed by atoms with Crippen molar-refractivity contribution >= 4 is 28.9 Å². The first-order chi connectivity index (χ1) is 14.0. The summed E-state index contributed by atoms with van der Waals surface area (Å²) in [6, 6.07) is 18.8. The lowest BCUT2D eigenvalue weighted by molar-refractivity contribution is -0.122. The van der Waals surface area contributed by atoms with E-state index in [1.165, 1.54) is 12.3 Å². The van der Waals surface area contributed by atoms with Gasteiger partial charge in [0.15, 0.2) is 6.61 Å². The van der Waals surface area contributed by atoms with Crippen LogP contribution in [0.5, 0.6) is 0 Å². The molecule has 0 atom stereocenters. The van der Waals surface area contributed by atoms with Crippen LogP contribution in [-0.4, -0.2) is 24.5 Å². The van der Waals surface area contributed by atoms with Gasteiger partial charge in [-0.15, -0.1) is 0 Å². The van der Waals surface area contributed by atoms with E-state index in [0.29, 0.717) is 11.3 Å². The Morgan fingerprint density at radius 2 is 1.66 bits per heavy atom. The van der Waals surface area contributed by atoms with Gasteiger partial charge in [0.2, 0.25) is 0 Å². The topological polar surface area (TPSA) is 71.8 Å². The van der Waals surface area contributed by atoms with E-state index >= 15 is 0 Å². The van der Waals surface area contributed by atoms with Gasteiger partial charge in [0.25, 0.3) is 5.91 Å². The summed E-state index contributed by atoms with van der Waals surface area (Å²) >= 11 is 0. The van der Waals surface area contributed by atoms with Crippen molar-refractivity contribution in [2.45, 2.75) is 26.8 Å². The molecular weight excluding hydrogens is 368 g/mol. The second-order valence-electron chi connectivity index (χ2n) is 6.86. The van der Waals surface area contributed by atoms with Crippen LogP contribution in [0.4, 0.5) is 17.1 Å².